The highest BCUT2D eigenvalue weighted by atomic mass is 32.1. The van der Waals surface area contributed by atoms with E-state index in [1.54, 1.807) is 11.3 Å². The van der Waals surface area contributed by atoms with Gasteiger partial charge in [-0.2, -0.15) is 0 Å². The molecule has 0 fully saturated rings. The molecule has 0 aliphatic rings. The summed E-state index contributed by atoms with van der Waals surface area (Å²) >= 11 is 1.67. The fourth-order valence-corrected chi connectivity index (χ4v) is 2.20. The van der Waals surface area contributed by atoms with E-state index in [-0.39, 0.29) is 0 Å². The quantitative estimate of drug-likeness (QED) is 0.472. The van der Waals surface area contributed by atoms with Crippen LogP contribution in [0.25, 0.3) is 0 Å². The number of aliphatic imine (C=N–C) groups is 1. The third-order valence-corrected chi connectivity index (χ3v) is 3.14. The van der Waals surface area contributed by atoms with Crippen LogP contribution in [0.3, 0.4) is 0 Å². The molecule has 1 aromatic heterocycles. The summed E-state index contributed by atoms with van der Waals surface area (Å²) in [5.41, 5.74) is 1.15. The maximum atomic E-state index is 4.56. The minimum atomic E-state index is 0.478. The van der Waals surface area contributed by atoms with Crippen molar-refractivity contribution in [1.29, 1.82) is 0 Å². The summed E-state index contributed by atoms with van der Waals surface area (Å²) in [5, 5.41) is 9.51. The van der Waals surface area contributed by atoms with E-state index >= 15 is 0 Å². The molecule has 0 atom stereocenters. The maximum absolute atomic E-state index is 4.56. The van der Waals surface area contributed by atoms with Gasteiger partial charge in [0.05, 0.1) is 12.2 Å². The number of rotatable bonds is 6. The Hall–Kier alpha value is -1.36. The molecule has 100 valence electrons. The summed E-state index contributed by atoms with van der Waals surface area (Å²) < 4.78 is 0. The van der Waals surface area contributed by atoms with E-state index < -0.39 is 0 Å². The predicted molar refractivity (Wildman–Crippen MR) is 79.2 cm³/mol. The van der Waals surface area contributed by atoms with E-state index in [1.807, 2.05) is 13.0 Å². The van der Waals surface area contributed by atoms with Crippen molar-refractivity contribution in [3.8, 4) is 0 Å². The number of thiazole rings is 1. The fraction of sp³-hybridized carbons (Fsp3) is 0.538. The van der Waals surface area contributed by atoms with Gasteiger partial charge in [-0.25, -0.2) is 9.98 Å². The molecule has 0 aliphatic heterocycles. The van der Waals surface area contributed by atoms with Crippen LogP contribution in [0.1, 0.15) is 37.4 Å². The molecule has 0 spiro atoms. The first kappa shape index (κ1) is 14.7. The van der Waals surface area contributed by atoms with Crippen molar-refractivity contribution in [3.05, 3.63) is 28.7 Å². The van der Waals surface area contributed by atoms with Crippen molar-refractivity contribution in [3.63, 3.8) is 0 Å². The molecule has 0 amide bonds. The highest BCUT2D eigenvalue weighted by Crippen LogP contribution is 2.18. The molecule has 0 unspecified atom stereocenters. The molecule has 0 aromatic carbocycles. The van der Waals surface area contributed by atoms with E-state index in [9.17, 15) is 0 Å². The molecule has 1 rings (SSSR count). The van der Waals surface area contributed by atoms with Crippen LogP contribution in [0.5, 0.6) is 0 Å². The van der Waals surface area contributed by atoms with Gasteiger partial charge in [-0.15, -0.1) is 17.9 Å². The van der Waals surface area contributed by atoms with Crippen molar-refractivity contribution >= 4 is 17.3 Å². The lowest BCUT2D eigenvalue weighted by atomic mass is 10.2. The summed E-state index contributed by atoms with van der Waals surface area (Å²) in [6, 6.07) is 0. The molecule has 0 aliphatic carbocycles. The van der Waals surface area contributed by atoms with Crippen LogP contribution in [-0.2, 0) is 6.54 Å². The molecular formula is C13H22N4S. The normalized spacial score (nSPS) is 11.7. The molecule has 1 heterocycles. The highest BCUT2D eigenvalue weighted by Gasteiger charge is 2.05. The van der Waals surface area contributed by atoms with Crippen molar-refractivity contribution in [2.24, 2.45) is 4.99 Å². The van der Waals surface area contributed by atoms with Crippen LogP contribution in [0.15, 0.2) is 23.0 Å². The largest absolute Gasteiger partial charge is 0.357 e. The van der Waals surface area contributed by atoms with Crippen LogP contribution in [0, 0.1) is 0 Å². The van der Waals surface area contributed by atoms with E-state index in [1.165, 1.54) is 0 Å². The van der Waals surface area contributed by atoms with Crippen LogP contribution in [-0.4, -0.2) is 24.0 Å². The fourth-order valence-electron chi connectivity index (χ4n) is 1.32. The van der Waals surface area contributed by atoms with Crippen molar-refractivity contribution in [2.75, 3.05) is 13.1 Å². The topological polar surface area (TPSA) is 49.3 Å². The molecule has 18 heavy (non-hydrogen) atoms. The standard InChI is InChI=1S/C13H22N4S/c1-5-7-15-13(14-6-2)16-8-12-17-11(9-18-12)10(3)4/h5,9-10H,1,6-8H2,2-4H3,(H2,14,15,16). The lowest BCUT2D eigenvalue weighted by molar-refractivity contribution is 0.816. The van der Waals surface area contributed by atoms with Gasteiger partial charge in [-0.3, -0.25) is 0 Å². The zero-order chi connectivity index (χ0) is 13.4. The van der Waals surface area contributed by atoms with Crippen molar-refractivity contribution in [1.82, 2.24) is 15.6 Å². The van der Waals surface area contributed by atoms with E-state index in [0.717, 1.165) is 23.2 Å². The summed E-state index contributed by atoms with van der Waals surface area (Å²) in [7, 11) is 0. The second kappa shape index (κ2) is 7.87. The zero-order valence-corrected chi connectivity index (χ0v) is 12.2. The second-order valence-corrected chi connectivity index (χ2v) is 5.13. The van der Waals surface area contributed by atoms with E-state index in [2.05, 4.69) is 46.4 Å². The SMILES string of the molecule is C=CCNC(=NCc1nc(C(C)C)cs1)NCC. The van der Waals surface area contributed by atoms with E-state index in [4.69, 9.17) is 0 Å². The number of guanidine groups is 1. The Kier molecular flexibility index (Phi) is 6.43. The zero-order valence-electron chi connectivity index (χ0n) is 11.4. The number of aromatic nitrogens is 1. The molecular weight excluding hydrogens is 244 g/mol. The molecule has 4 nitrogen and oxygen atoms in total. The van der Waals surface area contributed by atoms with Gasteiger partial charge < -0.3 is 10.6 Å². The first-order valence-electron chi connectivity index (χ1n) is 6.24. The molecule has 5 heteroatoms. The molecule has 0 bridgehead atoms. The third kappa shape index (κ3) is 4.87. The summed E-state index contributed by atoms with van der Waals surface area (Å²) in [4.78, 5) is 9.05. The number of nitrogens with one attached hydrogen (secondary N) is 2. The molecule has 0 saturated heterocycles. The highest BCUT2D eigenvalue weighted by molar-refractivity contribution is 7.09. The minimum Gasteiger partial charge on any atom is -0.357 e. The van der Waals surface area contributed by atoms with Gasteiger partial charge in [0, 0.05) is 18.5 Å². The Bertz CT molecular complexity index is 395. The third-order valence-electron chi connectivity index (χ3n) is 2.29. The average molecular weight is 266 g/mol. The first-order chi connectivity index (χ1) is 8.67. The summed E-state index contributed by atoms with van der Waals surface area (Å²) in [6.07, 6.45) is 1.81. The van der Waals surface area contributed by atoms with Crippen LogP contribution >= 0.6 is 11.3 Å². The monoisotopic (exact) mass is 266 g/mol. The Morgan fingerprint density at radius 1 is 1.56 bits per heavy atom. The van der Waals surface area contributed by atoms with Crippen LogP contribution in [0.4, 0.5) is 0 Å². The van der Waals surface area contributed by atoms with Gasteiger partial charge in [0.15, 0.2) is 5.96 Å². The average Bonchev–Trinajstić information content (AvgIpc) is 2.81. The Morgan fingerprint density at radius 2 is 2.33 bits per heavy atom. The number of hydrogen-bond donors (Lipinski definition) is 2. The lowest BCUT2D eigenvalue weighted by Gasteiger charge is -2.08. The van der Waals surface area contributed by atoms with Crippen molar-refractivity contribution in [2.45, 2.75) is 33.2 Å². The van der Waals surface area contributed by atoms with Crippen LogP contribution < -0.4 is 10.6 Å². The first-order valence-corrected chi connectivity index (χ1v) is 7.12. The minimum absolute atomic E-state index is 0.478. The maximum Gasteiger partial charge on any atom is 0.191 e. The number of nitrogens with zero attached hydrogens (tertiary/aromatic N) is 2. The Balaban J connectivity index is 2.59. The molecule has 0 radical (unpaired) electrons. The second-order valence-electron chi connectivity index (χ2n) is 4.19. The van der Waals surface area contributed by atoms with E-state index in [0.29, 0.717) is 19.0 Å². The van der Waals surface area contributed by atoms with Gasteiger partial charge in [-0.1, -0.05) is 19.9 Å². The lowest BCUT2D eigenvalue weighted by Crippen LogP contribution is -2.37. The summed E-state index contributed by atoms with van der Waals surface area (Å²) in [6.45, 7) is 12.2. The van der Waals surface area contributed by atoms with Gasteiger partial charge in [0.2, 0.25) is 0 Å². The summed E-state index contributed by atoms with van der Waals surface area (Å²) in [5.74, 6) is 1.28. The Morgan fingerprint density at radius 3 is 2.89 bits per heavy atom. The molecule has 0 saturated carbocycles. The molecule has 2 N–H and O–H groups in total. The van der Waals surface area contributed by atoms with Gasteiger partial charge in [0.25, 0.3) is 0 Å². The van der Waals surface area contributed by atoms with Crippen LogP contribution in [0.2, 0.25) is 0 Å². The number of hydrogen-bond acceptors (Lipinski definition) is 3. The predicted octanol–water partition coefficient (Wildman–Crippen LogP) is 2.51. The smallest absolute Gasteiger partial charge is 0.191 e. The van der Waals surface area contributed by atoms with Gasteiger partial charge in [-0.05, 0) is 12.8 Å². The van der Waals surface area contributed by atoms with Gasteiger partial charge >= 0.3 is 0 Å². The Labute approximate surface area is 113 Å². The van der Waals surface area contributed by atoms with Gasteiger partial charge in [0.1, 0.15) is 5.01 Å². The van der Waals surface area contributed by atoms with Crippen molar-refractivity contribution < 1.29 is 0 Å². The molecule has 1 aromatic rings.